The van der Waals surface area contributed by atoms with Crippen LogP contribution in [0.2, 0.25) is 0 Å². The molecule has 1 aliphatic rings. The standard InChI is InChI=1S/C16H23FN2O/c1-3-8-19-9-6-14(7-10-19)18-16(20)15-5-4-13(17)11-12(15)2/h4-5,11,14H,3,6-10H2,1-2H3,(H,18,20). The van der Waals surface area contributed by atoms with Crippen LogP contribution in [0.3, 0.4) is 0 Å². The number of carbonyl (C=O) groups excluding carboxylic acids is 1. The van der Waals surface area contributed by atoms with Gasteiger partial charge >= 0.3 is 0 Å². The molecule has 2 rings (SSSR count). The third kappa shape index (κ3) is 3.79. The van der Waals surface area contributed by atoms with Crippen LogP contribution in [0, 0.1) is 12.7 Å². The third-order valence-electron chi connectivity index (χ3n) is 3.90. The van der Waals surface area contributed by atoms with Gasteiger partial charge in [0, 0.05) is 24.7 Å². The molecular weight excluding hydrogens is 255 g/mol. The number of likely N-dealkylation sites (tertiary alicyclic amines) is 1. The van der Waals surface area contributed by atoms with E-state index in [9.17, 15) is 9.18 Å². The van der Waals surface area contributed by atoms with E-state index in [1.165, 1.54) is 18.6 Å². The van der Waals surface area contributed by atoms with Crippen LogP contribution in [-0.2, 0) is 0 Å². The number of benzene rings is 1. The van der Waals surface area contributed by atoms with Gasteiger partial charge < -0.3 is 10.2 Å². The first-order valence-electron chi connectivity index (χ1n) is 7.39. The van der Waals surface area contributed by atoms with Crippen LogP contribution in [0.4, 0.5) is 4.39 Å². The van der Waals surface area contributed by atoms with Crippen LogP contribution < -0.4 is 5.32 Å². The Hall–Kier alpha value is -1.42. The van der Waals surface area contributed by atoms with Crippen molar-refractivity contribution in [2.24, 2.45) is 0 Å². The van der Waals surface area contributed by atoms with Crippen LogP contribution >= 0.6 is 0 Å². The zero-order valence-corrected chi connectivity index (χ0v) is 12.3. The smallest absolute Gasteiger partial charge is 0.251 e. The molecule has 0 radical (unpaired) electrons. The molecule has 0 atom stereocenters. The first-order valence-corrected chi connectivity index (χ1v) is 7.39. The van der Waals surface area contributed by atoms with Gasteiger partial charge in [-0.15, -0.1) is 0 Å². The summed E-state index contributed by atoms with van der Waals surface area (Å²) in [5, 5.41) is 3.07. The van der Waals surface area contributed by atoms with Crippen LogP contribution in [0.25, 0.3) is 0 Å². The Morgan fingerprint density at radius 1 is 1.40 bits per heavy atom. The molecule has 3 nitrogen and oxygen atoms in total. The highest BCUT2D eigenvalue weighted by Gasteiger charge is 2.21. The topological polar surface area (TPSA) is 32.3 Å². The van der Waals surface area contributed by atoms with Crippen molar-refractivity contribution < 1.29 is 9.18 Å². The van der Waals surface area contributed by atoms with Gasteiger partial charge in [-0.3, -0.25) is 4.79 Å². The van der Waals surface area contributed by atoms with E-state index in [2.05, 4.69) is 17.1 Å². The lowest BCUT2D eigenvalue weighted by Gasteiger charge is -2.32. The van der Waals surface area contributed by atoms with Crippen LogP contribution in [0.5, 0.6) is 0 Å². The van der Waals surface area contributed by atoms with Crippen molar-refractivity contribution >= 4 is 5.91 Å². The van der Waals surface area contributed by atoms with Gasteiger partial charge in [0.1, 0.15) is 5.82 Å². The van der Waals surface area contributed by atoms with Crippen LogP contribution in [0.15, 0.2) is 18.2 Å². The van der Waals surface area contributed by atoms with Gasteiger partial charge in [-0.25, -0.2) is 4.39 Å². The molecular formula is C16H23FN2O. The van der Waals surface area contributed by atoms with E-state index in [-0.39, 0.29) is 17.8 Å². The van der Waals surface area contributed by atoms with E-state index in [4.69, 9.17) is 0 Å². The second kappa shape index (κ2) is 6.84. The van der Waals surface area contributed by atoms with Gasteiger partial charge in [0.05, 0.1) is 0 Å². The van der Waals surface area contributed by atoms with E-state index in [1.807, 2.05) is 0 Å². The predicted molar refractivity (Wildman–Crippen MR) is 78.4 cm³/mol. The molecule has 4 heteroatoms. The number of halogens is 1. The molecule has 1 N–H and O–H groups in total. The molecule has 1 aromatic rings. The molecule has 1 amide bonds. The lowest BCUT2D eigenvalue weighted by Crippen LogP contribution is -2.44. The number of aryl methyl sites for hydroxylation is 1. The minimum atomic E-state index is -0.299. The lowest BCUT2D eigenvalue weighted by molar-refractivity contribution is 0.0910. The number of carbonyl (C=O) groups is 1. The van der Waals surface area contributed by atoms with Crippen molar-refractivity contribution in [3.63, 3.8) is 0 Å². The molecule has 0 spiro atoms. The van der Waals surface area contributed by atoms with Gasteiger partial charge in [0.2, 0.25) is 0 Å². The number of piperidine rings is 1. The second-order valence-corrected chi connectivity index (χ2v) is 5.55. The highest BCUT2D eigenvalue weighted by molar-refractivity contribution is 5.95. The number of amides is 1. The molecule has 0 aliphatic carbocycles. The molecule has 1 aliphatic heterocycles. The van der Waals surface area contributed by atoms with E-state index >= 15 is 0 Å². The molecule has 1 heterocycles. The molecule has 20 heavy (non-hydrogen) atoms. The van der Waals surface area contributed by atoms with E-state index < -0.39 is 0 Å². The van der Waals surface area contributed by atoms with Gasteiger partial charge in [0.15, 0.2) is 0 Å². The molecule has 1 fully saturated rings. The molecule has 0 bridgehead atoms. The summed E-state index contributed by atoms with van der Waals surface area (Å²) in [4.78, 5) is 14.6. The normalized spacial score (nSPS) is 17.1. The highest BCUT2D eigenvalue weighted by atomic mass is 19.1. The molecule has 0 aromatic heterocycles. The maximum atomic E-state index is 13.0. The van der Waals surface area contributed by atoms with Crippen molar-refractivity contribution in [1.29, 1.82) is 0 Å². The molecule has 110 valence electrons. The zero-order chi connectivity index (χ0) is 14.5. The zero-order valence-electron chi connectivity index (χ0n) is 12.3. The lowest BCUT2D eigenvalue weighted by atomic mass is 10.0. The molecule has 0 unspecified atom stereocenters. The van der Waals surface area contributed by atoms with Gasteiger partial charge in [-0.1, -0.05) is 6.92 Å². The second-order valence-electron chi connectivity index (χ2n) is 5.55. The first kappa shape index (κ1) is 15.0. The Balaban J connectivity index is 1.89. The highest BCUT2D eigenvalue weighted by Crippen LogP contribution is 2.14. The average molecular weight is 278 g/mol. The minimum Gasteiger partial charge on any atom is -0.349 e. The van der Waals surface area contributed by atoms with Crippen LogP contribution in [-0.4, -0.2) is 36.5 Å². The SMILES string of the molecule is CCCN1CCC(NC(=O)c2ccc(F)cc2C)CC1. The van der Waals surface area contributed by atoms with E-state index in [0.717, 1.165) is 32.5 Å². The van der Waals surface area contributed by atoms with Crippen molar-refractivity contribution in [2.45, 2.75) is 39.2 Å². The maximum Gasteiger partial charge on any atom is 0.251 e. The van der Waals surface area contributed by atoms with E-state index in [0.29, 0.717) is 11.1 Å². The summed E-state index contributed by atoms with van der Waals surface area (Å²) < 4.78 is 13.0. The van der Waals surface area contributed by atoms with Crippen molar-refractivity contribution in [1.82, 2.24) is 10.2 Å². The Labute approximate surface area is 120 Å². The fourth-order valence-corrected chi connectivity index (χ4v) is 2.76. The van der Waals surface area contributed by atoms with Crippen molar-refractivity contribution in [3.05, 3.63) is 35.1 Å². The average Bonchev–Trinajstić information content (AvgIpc) is 2.41. The summed E-state index contributed by atoms with van der Waals surface area (Å²) in [6.07, 6.45) is 3.16. The Morgan fingerprint density at radius 3 is 2.70 bits per heavy atom. The summed E-state index contributed by atoms with van der Waals surface area (Å²) in [6, 6.07) is 4.54. The first-order chi connectivity index (χ1) is 9.60. The maximum absolute atomic E-state index is 13.0. The molecule has 1 saturated heterocycles. The Bertz CT molecular complexity index is 468. The monoisotopic (exact) mass is 278 g/mol. The molecule has 1 aromatic carbocycles. The molecule has 0 saturated carbocycles. The fourth-order valence-electron chi connectivity index (χ4n) is 2.76. The van der Waals surface area contributed by atoms with Gasteiger partial charge in [-0.05, 0) is 56.5 Å². The largest absolute Gasteiger partial charge is 0.349 e. The van der Waals surface area contributed by atoms with Crippen molar-refractivity contribution in [2.75, 3.05) is 19.6 Å². The summed E-state index contributed by atoms with van der Waals surface area (Å²) >= 11 is 0. The van der Waals surface area contributed by atoms with Crippen molar-refractivity contribution in [3.8, 4) is 0 Å². The number of nitrogens with one attached hydrogen (secondary N) is 1. The number of hydrogen-bond acceptors (Lipinski definition) is 2. The van der Waals surface area contributed by atoms with Gasteiger partial charge in [0.25, 0.3) is 5.91 Å². The predicted octanol–water partition coefficient (Wildman–Crippen LogP) is 2.74. The number of rotatable bonds is 4. The summed E-state index contributed by atoms with van der Waals surface area (Å²) in [5.74, 6) is -0.386. The summed E-state index contributed by atoms with van der Waals surface area (Å²) in [7, 11) is 0. The van der Waals surface area contributed by atoms with E-state index in [1.54, 1.807) is 13.0 Å². The van der Waals surface area contributed by atoms with Crippen LogP contribution in [0.1, 0.15) is 42.1 Å². The number of hydrogen-bond donors (Lipinski definition) is 1. The number of nitrogens with zero attached hydrogens (tertiary/aromatic N) is 1. The van der Waals surface area contributed by atoms with Gasteiger partial charge in [-0.2, -0.15) is 0 Å². The summed E-state index contributed by atoms with van der Waals surface area (Å²) in [6.45, 7) is 7.17. The third-order valence-corrected chi connectivity index (χ3v) is 3.90. The summed E-state index contributed by atoms with van der Waals surface area (Å²) in [5.41, 5.74) is 1.26. The Morgan fingerprint density at radius 2 is 2.10 bits per heavy atom. The minimum absolute atomic E-state index is 0.0866. The quantitative estimate of drug-likeness (QED) is 0.918. The fraction of sp³-hybridized carbons (Fsp3) is 0.562. The Kier molecular flexibility index (Phi) is 5.12.